The van der Waals surface area contributed by atoms with Crippen LogP contribution in [-0.4, -0.2) is 95.1 Å². The Bertz CT molecular complexity index is 7800. The van der Waals surface area contributed by atoms with Gasteiger partial charge in [-0.15, -0.1) is 0 Å². The first-order valence-electron chi connectivity index (χ1n) is 43.4. The van der Waals surface area contributed by atoms with E-state index in [1.807, 2.05) is 54.5 Å². The second kappa shape index (κ2) is 49.5. The van der Waals surface area contributed by atoms with Crippen molar-refractivity contribution in [3.8, 4) is 5.75 Å². The SMILES string of the molecule is CC(C)Oc1ccc(S(=O)(=O)Nc2ccc(I)cc2C(=O)c2ccccc2)cc1.CC(C)c1ccc(S(=O)(=O)Nc2ccc(Cl)cc2C(=O)c2cccc(Cl)c2)cc1.CCN(CC)c1ccc(S(=O)(=O)Nc2ccc(Cl)cc2C(=O)c2ccccc2)cc1.Cc1ccc(S(=O)(=O)Nc2ccc(Cl)cc2C(=O)c2cccc(F)c2)cc1.O=C(c1ccccc1)c1cc(Cl)ccc1NS(=O)(=O)c1ccc([N+](=O)[O-])cc1. The molecule has 0 bridgehead atoms. The number of ketones is 5. The molecule has 0 saturated carbocycles. The van der Waals surface area contributed by atoms with Crippen LogP contribution >= 0.6 is 80.6 Å². The molecule has 0 aromatic heterocycles. The minimum atomic E-state index is -4.07. The molecule has 0 aliphatic carbocycles. The van der Waals surface area contributed by atoms with E-state index in [0.29, 0.717) is 48.6 Å². The Morgan fingerprint density at radius 3 is 0.958 bits per heavy atom. The summed E-state index contributed by atoms with van der Waals surface area (Å²) in [4.78, 5) is 76.8. The van der Waals surface area contributed by atoms with Gasteiger partial charge in [0.1, 0.15) is 11.6 Å². The lowest BCUT2D eigenvalue weighted by molar-refractivity contribution is -0.384. The lowest BCUT2D eigenvalue weighted by atomic mass is 10.0. The number of hydrogen-bond acceptors (Lipinski definition) is 19. The molecular weight excluding hydrogens is 2140 g/mol. The number of anilines is 6. The van der Waals surface area contributed by atoms with E-state index < -0.39 is 72.4 Å². The zero-order valence-electron chi connectivity index (χ0n) is 77.0. The van der Waals surface area contributed by atoms with Gasteiger partial charge in [0.15, 0.2) is 28.9 Å². The fourth-order valence-electron chi connectivity index (χ4n) is 13.7. The highest BCUT2D eigenvalue weighted by Gasteiger charge is 2.29. The highest BCUT2D eigenvalue weighted by molar-refractivity contribution is 14.1. The number of halogens is 7. The van der Waals surface area contributed by atoms with Crippen molar-refractivity contribution < 1.29 is 80.1 Å². The van der Waals surface area contributed by atoms with Crippen LogP contribution in [-0.2, 0) is 50.1 Å². The third-order valence-corrected chi connectivity index (χ3v) is 29.7. The van der Waals surface area contributed by atoms with E-state index in [0.717, 1.165) is 63.8 Å². The molecule has 37 heteroatoms. The average molecular weight is 2230 g/mol. The molecule has 736 valence electrons. The molecule has 5 N–H and O–H groups in total. The van der Waals surface area contributed by atoms with Crippen molar-refractivity contribution in [3.05, 3.63) is 463 Å². The monoisotopic (exact) mass is 2230 g/mol. The molecule has 15 aromatic rings. The molecule has 0 aliphatic rings. The second-order valence-corrected chi connectivity index (χ2v) is 43.7. The highest BCUT2D eigenvalue weighted by atomic mass is 127. The van der Waals surface area contributed by atoms with E-state index >= 15 is 0 Å². The van der Waals surface area contributed by atoms with Gasteiger partial charge in [0.25, 0.3) is 55.8 Å². The van der Waals surface area contributed by atoms with Gasteiger partial charge < -0.3 is 9.64 Å². The second-order valence-electron chi connectivity index (χ2n) is 31.8. The standard InChI is InChI=1S/C23H23ClN2O3S.C22H19Cl2NO3S.C22H20INO4S.C20H15ClFNO3S.C19H13ClN2O5S/c1-3-26(4-2)19-11-13-20(14-12-19)30(28,29)25-22-15-10-18(24)16-21(22)23(27)17-8-6-5-7-9-17;1-14(2)15-6-9-19(10-7-15)29(27,28)25-21-11-8-18(24)13-20(21)22(26)16-4-3-5-17(23)12-16;1-15(2)28-18-9-11-19(12-10-18)29(26,27)24-21-13-8-17(23)14-20(21)22(25)16-6-4-3-5-7-16;1-13-5-8-17(9-6-13)27(25,26)23-19-10-7-15(21)12-18(19)20(24)14-3-2-4-16(22)11-14;20-14-6-11-18(17(12-14)19(23)13-4-2-1-3-5-13)21-28(26,27)16-9-7-15(8-10-16)22(24)25/h5-16,25H,3-4H2,1-2H3;3-14,25H,1-2H3;3-15,24H,1-2H3;2-12,23H,1H3;1-12,21H. The molecule has 0 fully saturated rings. The molecule has 143 heavy (non-hydrogen) atoms. The number of nitrogens with zero attached hydrogens (tertiary/aromatic N) is 2. The third kappa shape index (κ3) is 30.3. The zero-order valence-corrected chi connectivity index (χ0v) is 87.0. The fraction of sp³-hybridized carbons (Fsp3) is 0.104. The zero-order chi connectivity index (χ0) is 104. The number of ether oxygens (including phenoxy) is 1. The van der Waals surface area contributed by atoms with Gasteiger partial charge in [-0.25, -0.2) is 46.5 Å². The number of carbonyl (C=O) groups excluding carboxylic acids is 5. The average Bonchev–Trinajstić information content (AvgIpc) is 0.809. The van der Waals surface area contributed by atoms with E-state index in [2.05, 4.69) is 51.1 Å². The van der Waals surface area contributed by atoms with Crippen molar-refractivity contribution in [1.82, 2.24) is 0 Å². The van der Waals surface area contributed by atoms with Crippen LogP contribution < -0.4 is 33.2 Å². The third-order valence-electron chi connectivity index (χ3n) is 21.0. The molecular formula is C106H90Cl5FIN7O18S5. The smallest absolute Gasteiger partial charge is 0.269 e. The maximum absolute atomic E-state index is 13.5. The molecule has 0 atom stereocenters. The van der Waals surface area contributed by atoms with E-state index in [4.69, 9.17) is 62.7 Å². The van der Waals surface area contributed by atoms with E-state index in [1.165, 1.54) is 115 Å². The van der Waals surface area contributed by atoms with Gasteiger partial charge in [-0.1, -0.05) is 217 Å². The van der Waals surface area contributed by atoms with Crippen molar-refractivity contribution in [2.75, 3.05) is 41.6 Å². The van der Waals surface area contributed by atoms with Gasteiger partial charge in [0.05, 0.1) is 63.9 Å². The number of benzene rings is 15. The van der Waals surface area contributed by atoms with Crippen molar-refractivity contribution in [2.24, 2.45) is 0 Å². The van der Waals surface area contributed by atoms with Crippen LogP contribution in [0.5, 0.6) is 5.75 Å². The lowest BCUT2D eigenvalue weighted by Gasteiger charge is -2.21. The van der Waals surface area contributed by atoms with Crippen LogP contribution in [0.1, 0.15) is 138 Å². The predicted molar refractivity (Wildman–Crippen MR) is 570 cm³/mol. The maximum atomic E-state index is 13.5. The first-order chi connectivity index (χ1) is 67.8. The topological polar surface area (TPSA) is 372 Å². The van der Waals surface area contributed by atoms with Gasteiger partial charge in [0.2, 0.25) is 0 Å². The number of nitrogens with one attached hydrogen (secondary N) is 5. The maximum Gasteiger partial charge on any atom is 0.269 e. The summed E-state index contributed by atoms with van der Waals surface area (Å²) in [6.45, 7) is 15.4. The lowest BCUT2D eigenvalue weighted by Crippen LogP contribution is -2.22. The van der Waals surface area contributed by atoms with Crippen molar-refractivity contribution in [3.63, 3.8) is 0 Å². The Kier molecular flexibility index (Phi) is 38.0. The van der Waals surface area contributed by atoms with Gasteiger partial charge in [0, 0.05) is 115 Å². The molecule has 15 aromatic carbocycles. The number of nitro benzene ring substituents is 1. The Balaban J connectivity index is 0.000000171. The molecule has 25 nitrogen and oxygen atoms in total. The number of carbonyl (C=O) groups is 5. The first-order valence-corrected chi connectivity index (χ1v) is 53.8. The van der Waals surface area contributed by atoms with Crippen molar-refractivity contribution in [2.45, 2.75) is 85.0 Å². The minimum absolute atomic E-state index is 0.00562. The highest BCUT2D eigenvalue weighted by Crippen LogP contribution is 2.35. The molecule has 15 rings (SSSR count). The first kappa shape index (κ1) is 110. The number of sulfonamides is 5. The Morgan fingerprint density at radius 2 is 0.636 bits per heavy atom. The number of aryl methyl sites for hydroxylation is 1. The molecule has 0 unspecified atom stereocenters. The summed E-state index contributed by atoms with van der Waals surface area (Å²) in [5.74, 6) is -1.57. The Morgan fingerprint density at radius 1 is 0.350 bits per heavy atom. The molecule has 0 radical (unpaired) electrons. The summed E-state index contributed by atoms with van der Waals surface area (Å²) < 4.78 is 160. The van der Waals surface area contributed by atoms with Crippen molar-refractivity contribution in [1.29, 1.82) is 0 Å². The summed E-state index contributed by atoms with van der Waals surface area (Å²) in [5, 5.41) is 12.3. The van der Waals surface area contributed by atoms with Crippen LogP contribution in [0.2, 0.25) is 25.1 Å². The Labute approximate surface area is 867 Å². The van der Waals surface area contributed by atoms with Crippen LogP contribution in [0.4, 0.5) is 44.2 Å². The predicted octanol–water partition coefficient (Wildman–Crippen LogP) is 25.6. The van der Waals surface area contributed by atoms with Crippen LogP contribution in [0, 0.1) is 26.4 Å². The number of nitro groups is 1. The van der Waals surface area contributed by atoms with Gasteiger partial charge in [-0.3, -0.25) is 57.7 Å². The molecule has 0 aliphatic heterocycles. The van der Waals surface area contributed by atoms with Crippen LogP contribution in [0.15, 0.2) is 376 Å². The molecule has 0 amide bonds. The fourth-order valence-corrected chi connectivity index (χ4v) is 20.4. The summed E-state index contributed by atoms with van der Waals surface area (Å²) >= 11 is 32.2. The van der Waals surface area contributed by atoms with E-state index in [9.17, 15) is 80.6 Å². The molecule has 0 saturated heterocycles. The number of hydrogen-bond donors (Lipinski definition) is 5. The summed E-state index contributed by atoms with van der Waals surface area (Å²) in [7, 11) is -19.6. The number of rotatable bonds is 32. The Hall–Kier alpha value is -13.5. The largest absolute Gasteiger partial charge is 0.491 e. The summed E-state index contributed by atoms with van der Waals surface area (Å²) in [5.41, 5.74) is 5.84. The van der Waals surface area contributed by atoms with Gasteiger partial charge in [-0.2, -0.15) is 0 Å². The number of non-ortho nitro benzene ring substituents is 1. The summed E-state index contributed by atoms with van der Waals surface area (Å²) in [6.07, 6.45) is -0.00562. The quantitative estimate of drug-likeness (QED) is 0.0113. The van der Waals surface area contributed by atoms with Crippen LogP contribution in [0.25, 0.3) is 0 Å². The van der Waals surface area contributed by atoms with Gasteiger partial charge in [-0.05, 0) is 269 Å². The summed E-state index contributed by atoms with van der Waals surface area (Å²) in [6, 6.07) is 90.0. The van der Waals surface area contributed by atoms with E-state index in [-0.39, 0.29) is 126 Å². The normalized spacial score (nSPS) is 11.2. The minimum Gasteiger partial charge on any atom is -0.491 e. The van der Waals surface area contributed by atoms with Crippen LogP contribution in [0.3, 0.4) is 0 Å². The van der Waals surface area contributed by atoms with Gasteiger partial charge >= 0.3 is 0 Å². The van der Waals surface area contributed by atoms with Crippen molar-refractivity contribution >= 4 is 199 Å². The van der Waals surface area contributed by atoms with E-state index in [1.54, 1.807) is 200 Å². The molecule has 0 heterocycles. The molecule has 0 spiro atoms.